The van der Waals surface area contributed by atoms with Crippen molar-refractivity contribution < 1.29 is 13.2 Å². The van der Waals surface area contributed by atoms with Gasteiger partial charge in [0.2, 0.25) is 0 Å². The molecule has 6 heteroatoms. The molecule has 0 amide bonds. The van der Waals surface area contributed by atoms with Crippen molar-refractivity contribution in [2.24, 2.45) is 0 Å². The van der Waals surface area contributed by atoms with Gasteiger partial charge in [0.05, 0.1) is 5.52 Å². The molecule has 0 spiro atoms. The molecule has 2 heterocycles. The molecule has 0 radical (unpaired) electrons. The number of fused-ring (bicyclic) bond motifs is 3. The fraction of sp³-hybridized carbons (Fsp3) is 0.185. The molecule has 0 aliphatic carbocycles. The minimum Gasteiger partial charge on any atom is -0.313 e. The van der Waals surface area contributed by atoms with E-state index in [4.69, 9.17) is 0 Å². The lowest BCUT2D eigenvalue weighted by Crippen LogP contribution is -2.31. The van der Waals surface area contributed by atoms with Crippen LogP contribution in [0.1, 0.15) is 23.2 Å². The first-order chi connectivity index (χ1) is 15.6. The van der Waals surface area contributed by atoms with E-state index < -0.39 is 0 Å². The van der Waals surface area contributed by atoms with Gasteiger partial charge in [-0.1, -0.05) is 24.3 Å². The quantitative estimate of drug-likeness (QED) is 0.308. The van der Waals surface area contributed by atoms with Gasteiger partial charge in [0, 0.05) is 42.8 Å². The number of halogens is 4. The molecule has 4 aromatic rings. The normalized spacial score (nSPS) is 13.9. The summed E-state index contributed by atoms with van der Waals surface area (Å²) in [4.78, 5) is 2.37. The van der Waals surface area contributed by atoms with Crippen molar-refractivity contribution in [2.45, 2.75) is 19.4 Å². The molecule has 0 unspecified atom stereocenters. The van der Waals surface area contributed by atoms with Crippen molar-refractivity contribution in [3.63, 3.8) is 0 Å². The Kier molecular flexibility index (Phi) is 6.91. The summed E-state index contributed by atoms with van der Waals surface area (Å²) in [7, 11) is 0. The second kappa shape index (κ2) is 9.86. The molecule has 0 N–H and O–H groups in total. The molecule has 1 aromatic heterocycles. The first kappa shape index (κ1) is 23.1. The molecule has 170 valence electrons. The maximum Gasteiger partial charge on any atom is 0.123 e. The first-order valence-corrected chi connectivity index (χ1v) is 10.8. The van der Waals surface area contributed by atoms with E-state index in [2.05, 4.69) is 15.5 Å². The van der Waals surface area contributed by atoms with Gasteiger partial charge in [-0.05, 0) is 72.1 Å². The smallest absolute Gasteiger partial charge is 0.123 e. The molecule has 1 aliphatic heterocycles. The van der Waals surface area contributed by atoms with Gasteiger partial charge in [-0.15, -0.1) is 12.4 Å². The summed E-state index contributed by atoms with van der Waals surface area (Å²) in [5.74, 6) is -0.761. The minimum atomic E-state index is -0.273. The van der Waals surface area contributed by atoms with Crippen LogP contribution in [-0.2, 0) is 13.0 Å². The Hall–Kier alpha value is -3.02. The SMILES string of the molecule is Cl.Fc1ccc(/C=C/CCN2CCc3c(c4cc(F)ccc4n3-c3ccc(F)cc3)C2)cc1. The Morgan fingerprint density at radius 2 is 1.48 bits per heavy atom. The van der Waals surface area contributed by atoms with Crippen molar-refractivity contribution in [1.29, 1.82) is 0 Å². The predicted octanol–water partition coefficient (Wildman–Crippen LogP) is 6.93. The summed E-state index contributed by atoms with van der Waals surface area (Å²) in [6, 6.07) is 17.8. The summed E-state index contributed by atoms with van der Waals surface area (Å²) in [6.45, 7) is 2.53. The molecule has 0 saturated heterocycles. The highest BCUT2D eigenvalue weighted by Crippen LogP contribution is 2.34. The Labute approximate surface area is 197 Å². The van der Waals surface area contributed by atoms with E-state index in [9.17, 15) is 13.2 Å². The third kappa shape index (κ3) is 4.85. The van der Waals surface area contributed by atoms with Crippen LogP contribution in [0.3, 0.4) is 0 Å². The van der Waals surface area contributed by atoms with E-state index in [0.717, 1.165) is 65.9 Å². The van der Waals surface area contributed by atoms with E-state index in [1.807, 2.05) is 12.1 Å². The summed E-state index contributed by atoms with van der Waals surface area (Å²) in [5.41, 5.74) is 5.11. The fourth-order valence-electron chi connectivity index (χ4n) is 4.51. The monoisotopic (exact) mass is 468 g/mol. The van der Waals surface area contributed by atoms with Crippen LogP contribution < -0.4 is 0 Å². The van der Waals surface area contributed by atoms with E-state index in [0.29, 0.717) is 0 Å². The standard InChI is InChI=1S/C27H23F3N2.ClH/c28-20-6-4-19(5-7-20)3-1-2-15-31-16-14-27-25(18-31)24-17-22(30)10-13-26(24)32(27)23-11-8-21(29)9-12-23;/h1,3-13,17H,2,14-16,18H2;1H/b3-1+;. The second-order valence-corrected chi connectivity index (χ2v) is 8.17. The van der Waals surface area contributed by atoms with Crippen LogP contribution in [0.4, 0.5) is 13.2 Å². The first-order valence-electron chi connectivity index (χ1n) is 10.8. The maximum atomic E-state index is 14.1. The minimum absolute atomic E-state index is 0. The molecule has 3 aromatic carbocycles. The fourth-order valence-corrected chi connectivity index (χ4v) is 4.51. The van der Waals surface area contributed by atoms with Crippen LogP contribution in [0.15, 0.2) is 72.8 Å². The van der Waals surface area contributed by atoms with Gasteiger partial charge in [0.25, 0.3) is 0 Å². The lowest BCUT2D eigenvalue weighted by atomic mass is 10.0. The van der Waals surface area contributed by atoms with Crippen molar-refractivity contribution in [2.75, 3.05) is 13.1 Å². The highest BCUT2D eigenvalue weighted by atomic mass is 35.5. The molecule has 2 nitrogen and oxygen atoms in total. The predicted molar refractivity (Wildman–Crippen MR) is 129 cm³/mol. The zero-order valence-corrected chi connectivity index (χ0v) is 18.8. The van der Waals surface area contributed by atoms with Crippen molar-refractivity contribution >= 4 is 29.4 Å². The molecule has 0 saturated carbocycles. The van der Waals surface area contributed by atoms with E-state index >= 15 is 0 Å². The lowest BCUT2D eigenvalue weighted by Gasteiger charge is -2.27. The average molecular weight is 469 g/mol. The van der Waals surface area contributed by atoms with Gasteiger partial charge in [-0.2, -0.15) is 0 Å². The Morgan fingerprint density at radius 1 is 0.818 bits per heavy atom. The highest BCUT2D eigenvalue weighted by molar-refractivity contribution is 5.87. The van der Waals surface area contributed by atoms with Crippen LogP contribution in [0.5, 0.6) is 0 Å². The summed E-state index contributed by atoms with van der Waals surface area (Å²) in [5, 5.41) is 0.913. The third-order valence-corrected chi connectivity index (χ3v) is 6.07. The number of aromatic nitrogens is 1. The lowest BCUT2D eigenvalue weighted by molar-refractivity contribution is 0.258. The van der Waals surface area contributed by atoms with Crippen LogP contribution in [0.2, 0.25) is 0 Å². The van der Waals surface area contributed by atoms with Crippen molar-refractivity contribution in [1.82, 2.24) is 9.47 Å². The summed E-state index contributed by atoms with van der Waals surface area (Å²) in [6.07, 6.45) is 5.82. The van der Waals surface area contributed by atoms with Crippen LogP contribution in [-0.4, -0.2) is 22.6 Å². The van der Waals surface area contributed by atoms with Gasteiger partial charge in [-0.3, -0.25) is 4.90 Å². The van der Waals surface area contributed by atoms with E-state index in [1.54, 1.807) is 30.3 Å². The number of hydrogen-bond acceptors (Lipinski definition) is 1. The van der Waals surface area contributed by atoms with Crippen molar-refractivity contribution in [3.8, 4) is 5.69 Å². The molecule has 0 atom stereocenters. The molecule has 5 rings (SSSR count). The number of rotatable bonds is 5. The zero-order valence-electron chi connectivity index (χ0n) is 18.0. The Balaban J connectivity index is 0.00000259. The van der Waals surface area contributed by atoms with Gasteiger partial charge in [0.1, 0.15) is 17.5 Å². The van der Waals surface area contributed by atoms with Crippen LogP contribution in [0, 0.1) is 17.5 Å². The Bertz CT molecular complexity index is 1280. The number of benzene rings is 3. The van der Waals surface area contributed by atoms with Gasteiger partial charge < -0.3 is 4.57 Å². The van der Waals surface area contributed by atoms with Gasteiger partial charge in [-0.25, -0.2) is 13.2 Å². The number of hydrogen-bond donors (Lipinski definition) is 0. The molecule has 33 heavy (non-hydrogen) atoms. The zero-order chi connectivity index (χ0) is 22.1. The number of nitrogens with zero attached hydrogens (tertiary/aromatic N) is 2. The average Bonchev–Trinajstić information content (AvgIpc) is 3.11. The van der Waals surface area contributed by atoms with Crippen LogP contribution >= 0.6 is 12.4 Å². The molecule has 0 bridgehead atoms. The molecular formula is C27H24ClF3N2. The van der Waals surface area contributed by atoms with Gasteiger partial charge >= 0.3 is 0 Å². The topological polar surface area (TPSA) is 8.17 Å². The van der Waals surface area contributed by atoms with E-state index in [1.165, 1.54) is 30.3 Å². The maximum absolute atomic E-state index is 14.1. The van der Waals surface area contributed by atoms with E-state index in [-0.39, 0.29) is 29.9 Å². The van der Waals surface area contributed by atoms with Gasteiger partial charge in [0.15, 0.2) is 0 Å². The van der Waals surface area contributed by atoms with Crippen molar-refractivity contribution in [3.05, 3.63) is 107 Å². The molecular weight excluding hydrogens is 445 g/mol. The Morgan fingerprint density at radius 3 is 2.21 bits per heavy atom. The summed E-state index contributed by atoms with van der Waals surface area (Å²) < 4.78 is 42.7. The largest absolute Gasteiger partial charge is 0.313 e. The van der Waals surface area contributed by atoms with Crippen LogP contribution in [0.25, 0.3) is 22.7 Å². The highest BCUT2D eigenvalue weighted by Gasteiger charge is 2.24. The molecule has 0 fully saturated rings. The third-order valence-electron chi connectivity index (χ3n) is 6.07. The molecule has 1 aliphatic rings. The second-order valence-electron chi connectivity index (χ2n) is 8.17. The summed E-state index contributed by atoms with van der Waals surface area (Å²) >= 11 is 0.